The van der Waals surface area contributed by atoms with E-state index in [1.165, 1.54) is 0 Å². The van der Waals surface area contributed by atoms with Crippen LogP contribution in [0.15, 0.2) is 53.9 Å². The highest BCUT2D eigenvalue weighted by molar-refractivity contribution is 5.93. The number of aromatic carboxylic acids is 1. The Bertz CT molecular complexity index is 932. The molecule has 0 spiro atoms. The summed E-state index contributed by atoms with van der Waals surface area (Å²) in [4.78, 5) is 14.2. The van der Waals surface area contributed by atoms with E-state index in [9.17, 15) is 9.90 Å². The first-order chi connectivity index (χ1) is 15.5. The van der Waals surface area contributed by atoms with Gasteiger partial charge in [-0.05, 0) is 49.6 Å². The first kappa shape index (κ1) is 23.5. The third-order valence-electron chi connectivity index (χ3n) is 5.54. The van der Waals surface area contributed by atoms with E-state index < -0.39 is 5.97 Å². The molecule has 0 aliphatic carbocycles. The maximum Gasteiger partial charge on any atom is 0.335 e. The van der Waals surface area contributed by atoms with Gasteiger partial charge in [-0.1, -0.05) is 44.9 Å². The van der Waals surface area contributed by atoms with Crippen LogP contribution in [0.1, 0.15) is 63.2 Å². The topological polar surface area (TPSA) is 71.0 Å². The Hall–Kier alpha value is -3.15. The lowest BCUT2D eigenvalue weighted by Gasteiger charge is -2.29. The molecule has 0 saturated heterocycles. The average Bonchev–Trinajstić information content (AvgIpc) is 3.20. The lowest BCUT2D eigenvalue weighted by atomic mass is 10.1. The maximum absolute atomic E-state index is 12.0. The van der Waals surface area contributed by atoms with E-state index in [0.717, 1.165) is 56.5 Å². The van der Waals surface area contributed by atoms with E-state index in [2.05, 4.69) is 24.1 Å². The number of nitrogens with one attached hydrogen (secondary N) is 1. The summed E-state index contributed by atoms with van der Waals surface area (Å²) in [5.74, 6) is 1.02. The Morgan fingerprint density at radius 1 is 1.12 bits per heavy atom. The van der Waals surface area contributed by atoms with Crippen LogP contribution in [-0.4, -0.2) is 30.8 Å². The Morgan fingerprint density at radius 2 is 1.81 bits per heavy atom. The van der Waals surface area contributed by atoms with Gasteiger partial charge >= 0.3 is 5.97 Å². The van der Waals surface area contributed by atoms with Gasteiger partial charge in [0.25, 0.3) is 0 Å². The highest BCUT2D eigenvalue weighted by Crippen LogP contribution is 2.42. The van der Waals surface area contributed by atoms with Crippen molar-refractivity contribution in [2.45, 2.75) is 52.9 Å². The molecule has 6 nitrogen and oxygen atoms in total. The van der Waals surface area contributed by atoms with Crippen LogP contribution >= 0.6 is 0 Å². The minimum atomic E-state index is -0.968. The lowest BCUT2D eigenvalue weighted by Crippen LogP contribution is -2.26. The number of para-hydroxylation sites is 1. The quantitative estimate of drug-likeness (QED) is 0.387. The van der Waals surface area contributed by atoms with Crippen LogP contribution in [-0.2, 0) is 4.74 Å². The lowest BCUT2D eigenvalue weighted by molar-refractivity contribution is 0.0697. The Labute approximate surface area is 190 Å². The third kappa shape index (κ3) is 5.96. The second-order valence-electron chi connectivity index (χ2n) is 8.12. The number of carboxylic acids is 1. The fourth-order valence-electron chi connectivity index (χ4n) is 3.64. The van der Waals surface area contributed by atoms with Crippen LogP contribution in [0.5, 0.6) is 11.5 Å². The van der Waals surface area contributed by atoms with Crippen molar-refractivity contribution in [3.8, 4) is 11.5 Å². The Balaban J connectivity index is 2.13. The first-order valence-electron chi connectivity index (χ1n) is 11.5. The molecule has 2 N–H and O–H groups in total. The fraction of sp³-hybridized carbons (Fsp3) is 0.423. The number of rotatable bonds is 12. The van der Waals surface area contributed by atoms with E-state index in [1.54, 1.807) is 12.1 Å². The first-order valence-corrected chi connectivity index (χ1v) is 11.5. The molecule has 1 aliphatic rings. The predicted molar refractivity (Wildman–Crippen MR) is 129 cm³/mol. The van der Waals surface area contributed by atoms with Crippen LogP contribution in [0.2, 0.25) is 0 Å². The van der Waals surface area contributed by atoms with E-state index in [-0.39, 0.29) is 5.56 Å². The van der Waals surface area contributed by atoms with Gasteiger partial charge < -0.3 is 24.8 Å². The van der Waals surface area contributed by atoms with Crippen LogP contribution in [0, 0.1) is 0 Å². The van der Waals surface area contributed by atoms with Gasteiger partial charge in [0, 0.05) is 19.5 Å². The molecule has 32 heavy (non-hydrogen) atoms. The standard InChI is InChI=1S/C26H34N2O4/c1-4-6-14-28(15-7-5-2)23-18-20(26(29)30)17-22(27-25-19(3)13-16-31-25)24(23)32-21-11-9-8-10-12-21/h8-12,17-18,27H,4-7,13-16H2,1-3H3,(H,29,30). The summed E-state index contributed by atoms with van der Waals surface area (Å²) >= 11 is 0. The van der Waals surface area contributed by atoms with Gasteiger partial charge in [-0.3, -0.25) is 0 Å². The number of unbranched alkanes of at least 4 members (excludes halogenated alkanes) is 2. The summed E-state index contributed by atoms with van der Waals surface area (Å²) in [5.41, 5.74) is 2.70. The van der Waals surface area contributed by atoms with E-state index in [4.69, 9.17) is 9.47 Å². The zero-order chi connectivity index (χ0) is 22.9. The average molecular weight is 439 g/mol. The number of nitrogens with zero attached hydrogens (tertiary/aromatic N) is 1. The van der Waals surface area contributed by atoms with Crippen LogP contribution in [0.3, 0.4) is 0 Å². The van der Waals surface area contributed by atoms with Crippen molar-refractivity contribution in [1.82, 2.24) is 0 Å². The summed E-state index contributed by atoms with van der Waals surface area (Å²) in [5, 5.41) is 13.2. The SMILES string of the molecule is CCCCN(CCCC)c1cc(C(=O)O)cc(NC2=C(C)CCO2)c1Oc1ccccc1. The second-order valence-corrected chi connectivity index (χ2v) is 8.12. The van der Waals surface area contributed by atoms with Crippen molar-refractivity contribution in [1.29, 1.82) is 0 Å². The summed E-state index contributed by atoms with van der Waals surface area (Å²) < 4.78 is 12.1. The van der Waals surface area contributed by atoms with Gasteiger partial charge in [0.15, 0.2) is 11.6 Å². The molecule has 172 valence electrons. The van der Waals surface area contributed by atoms with Crippen molar-refractivity contribution >= 4 is 17.3 Å². The minimum absolute atomic E-state index is 0.220. The molecule has 2 aromatic carbocycles. The third-order valence-corrected chi connectivity index (χ3v) is 5.54. The molecule has 0 atom stereocenters. The van der Waals surface area contributed by atoms with Crippen molar-refractivity contribution in [3.63, 3.8) is 0 Å². The second kappa shape index (κ2) is 11.5. The Morgan fingerprint density at radius 3 is 2.38 bits per heavy atom. The molecular weight excluding hydrogens is 404 g/mol. The van der Waals surface area contributed by atoms with Gasteiger partial charge in [-0.25, -0.2) is 4.79 Å². The number of carbonyl (C=O) groups is 1. The van der Waals surface area contributed by atoms with E-state index in [1.807, 2.05) is 37.3 Å². The van der Waals surface area contributed by atoms with Gasteiger partial charge in [-0.2, -0.15) is 0 Å². The molecule has 0 radical (unpaired) electrons. The summed E-state index contributed by atoms with van der Waals surface area (Å²) in [6, 6.07) is 12.9. The van der Waals surface area contributed by atoms with Gasteiger partial charge in [0.05, 0.1) is 23.5 Å². The molecule has 0 fully saturated rings. The monoisotopic (exact) mass is 438 g/mol. The zero-order valence-corrected chi connectivity index (χ0v) is 19.3. The van der Waals surface area contributed by atoms with Crippen LogP contribution in [0.25, 0.3) is 0 Å². The molecule has 0 amide bonds. The summed E-state index contributed by atoms with van der Waals surface area (Å²) in [6.45, 7) is 8.63. The maximum atomic E-state index is 12.0. The molecular formula is C26H34N2O4. The smallest absolute Gasteiger partial charge is 0.335 e. The highest BCUT2D eigenvalue weighted by atomic mass is 16.5. The molecule has 6 heteroatoms. The predicted octanol–water partition coefficient (Wildman–Crippen LogP) is 6.65. The van der Waals surface area contributed by atoms with Crippen molar-refractivity contribution in [2.24, 2.45) is 0 Å². The number of hydrogen-bond donors (Lipinski definition) is 2. The number of benzene rings is 2. The number of hydrogen-bond acceptors (Lipinski definition) is 5. The van der Waals surface area contributed by atoms with E-state index in [0.29, 0.717) is 29.7 Å². The van der Waals surface area contributed by atoms with Crippen LogP contribution < -0.4 is 15.0 Å². The number of ether oxygens (including phenoxy) is 2. The van der Waals surface area contributed by atoms with Crippen molar-refractivity contribution < 1.29 is 19.4 Å². The fourth-order valence-corrected chi connectivity index (χ4v) is 3.64. The van der Waals surface area contributed by atoms with Crippen molar-refractivity contribution in [3.05, 3.63) is 59.5 Å². The number of carboxylic acid groups (broad SMARTS) is 1. The van der Waals surface area contributed by atoms with Gasteiger partial charge in [0.2, 0.25) is 0 Å². The number of anilines is 2. The van der Waals surface area contributed by atoms with Gasteiger partial charge in [-0.15, -0.1) is 0 Å². The molecule has 0 bridgehead atoms. The molecule has 0 saturated carbocycles. The molecule has 0 aromatic heterocycles. The largest absolute Gasteiger partial charge is 0.479 e. The van der Waals surface area contributed by atoms with Crippen LogP contribution in [0.4, 0.5) is 11.4 Å². The zero-order valence-electron chi connectivity index (χ0n) is 19.3. The highest BCUT2D eigenvalue weighted by Gasteiger charge is 2.23. The van der Waals surface area contributed by atoms with E-state index >= 15 is 0 Å². The molecule has 3 rings (SSSR count). The molecule has 1 aliphatic heterocycles. The normalized spacial score (nSPS) is 13.1. The molecule has 0 unspecified atom stereocenters. The summed E-state index contributed by atoms with van der Waals surface area (Å²) in [7, 11) is 0. The molecule has 2 aromatic rings. The minimum Gasteiger partial charge on any atom is -0.479 e. The molecule has 1 heterocycles. The van der Waals surface area contributed by atoms with Gasteiger partial charge in [0.1, 0.15) is 5.75 Å². The van der Waals surface area contributed by atoms with Crippen molar-refractivity contribution in [2.75, 3.05) is 29.9 Å². The summed E-state index contributed by atoms with van der Waals surface area (Å²) in [6.07, 6.45) is 4.99. The Kier molecular flexibility index (Phi) is 8.42.